The summed E-state index contributed by atoms with van der Waals surface area (Å²) in [6.45, 7) is 5.27. The van der Waals surface area contributed by atoms with Gasteiger partial charge in [-0.3, -0.25) is 9.89 Å². The Morgan fingerprint density at radius 3 is 2.82 bits per heavy atom. The molecular weight excluding hydrogens is 220 g/mol. The van der Waals surface area contributed by atoms with E-state index in [1.807, 2.05) is 0 Å². The van der Waals surface area contributed by atoms with E-state index in [1.54, 1.807) is 0 Å². The molecule has 7 nitrogen and oxygen atoms in total. The molecule has 2 heterocycles. The fourth-order valence-electron chi connectivity index (χ4n) is 2.02. The molecule has 1 amide bonds. The fourth-order valence-corrected chi connectivity index (χ4v) is 2.02. The first-order chi connectivity index (χ1) is 8.19. The van der Waals surface area contributed by atoms with E-state index in [-0.39, 0.29) is 23.7 Å². The summed E-state index contributed by atoms with van der Waals surface area (Å²) in [4.78, 5) is 17.9. The Morgan fingerprint density at radius 2 is 2.29 bits per heavy atom. The Balaban J connectivity index is 1.84. The van der Waals surface area contributed by atoms with Crippen molar-refractivity contribution in [1.29, 1.82) is 0 Å². The van der Waals surface area contributed by atoms with Crippen molar-refractivity contribution in [3.05, 3.63) is 5.82 Å². The highest BCUT2D eigenvalue weighted by molar-refractivity contribution is 5.90. The van der Waals surface area contributed by atoms with Crippen molar-refractivity contribution in [2.24, 2.45) is 0 Å². The second-order valence-electron chi connectivity index (χ2n) is 4.22. The first-order valence-corrected chi connectivity index (χ1v) is 5.90. The molecule has 17 heavy (non-hydrogen) atoms. The first kappa shape index (κ1) is 11.8. The van der Waals surface area contributed by atoms with Gasteiger partial charge in [-0.2, -0.15) is 4.98 Å². The highest BCUT2D eigenvalue weighted by Gasteiger charge is 2.21. The number of likely N-dealkylation sites (tertiary alicyclic amines) is 1. The summed E-state index contributed by atoms with van der Waals surface area (Å²) in [5, 5.41) is 9.07. The van der Waals surface area contributed by atoms with E-state index in [0.717, 1.165) is 32.5 Å². The van der Waals surface area contributed by atoms with Crippen LogP contribution >= 0.6 is 0 Å². The van der Waals surface area contributed by atoms with Crippen molar-refractivity contribution in [1.82, 2.24) is 25.4 Å². The Bertz CT molecular complexity index is 382. The zero-order chi connectivity index (χ0) is 12.3. The number of hydrogen-bond acceptors (Lipinski definition) is 5. The molecule has 0 atom stereocenters. The maximum absolute atomic E-state index is 11.8. The van der Waals surface area contributed by atoms with Crippen LogP contribution in [-0.2, 0) is 0 Å². The lowest BCUT2D eigenvalue weighted by Gasteiger charge is -2.31. The molecule has 1 aliphatic rings. The largest absolute Gasteiger partial charge is 0.366 e. The molecular formula is C10H18N6O. The van der Waals surface area contributed by atoms with Gasteiger partial charge in [-0.05, 0) is 19.4 Å². The van der Waals surface area contributed by atoms with E-state index in [1.165, 1.54) is 0 Å². The minimum absolute atomic E-state index is 0.0935. The summed E-state index contributed by atoms with van der Waals surface area (Å²) in [5.74, 6) is 0.0421. The van der Waals surface area contributed by atoms with E-state index in [4.69, 9.17) is 5.73 Å². The van der Waals surface area contributed by atoms with Crippen molar-refractivity contribution in [2.75, 3.05) is 25.4 Å². The van der Waals surface area contributed by atoms with E-state index >= 15 is 0 Å². The molecule has 1 saturated heterocycles. The van der Waals surface area contributed by atoms with Gasteiger partial charge in [-0.25, -0.2) is 0 Å². The molecule has 0 spiro atoms. The molecule has 94 valence electrons. The third-order valence-corrected chi connectivity index (χ3v) is 3.09. The number of hydrogen-bond donors (Lipinski definition) is 3. The van der Waals surface area contributed by atoms with Crippen LogP contribution in [0.1, 0.15) is 30.4 Å². The third-order valence-electron chi connectivity index (χ3n) is 3.09. The topological polar surface area (TPSA) is 99.9 Å². The van der Waals surface area contributed by atoms with Crippen molar-refractivity contribution >= 4 is 11.9 Å². The number of carbonyl (C=O) groups excluding carboxylic acids is 1. The quantitative estimate of drug-likeness (QED) is 0.665. The minimum Gasteiger partial charge on any atom is -0.366 e. The lowest BCUT2D eigenvalue weighted by atomic mass is 10.1. The molecule has 0 aliphatic carbocycles. The van der Waals surface area contributed by atoms with Gasteiger partial charge < -0.3 is 16.0 Å². The number of aromatic amines is 1. The minimum atomic E-state index is -0.232. The Kier molecular flexibility index (Phi) is 3.58. The molecule has 0 bridgehead atoms. The highest BCUT2D eigenvalue weighted by Crippen LogP contribution is 2.10. The number of aromatic nitrogens is 3. The number of amides is 1. The predicted octanol–water partition coefficient (Wildman–Crippen LogP) is -0.399. The summed E-state index contributed by atoms with van der Waals surface area (Å²) in [6, 6.07) is 0.219. The molecule has 0 unspecified atom stereocenters. The molecule has 1 aromatic rings. The van der Waals surface area contributed by atoms with Crippen LogP contribution < -0.4 is 11.1 Å². The Hall–Kier alpha value is -1.63. The van der Waals surface area contributed by atoms with E-state index in [2.05, 4.69) is 32.3 Å². The van der Waals surface area contributed by atoms with Gasteiger partial charge in [0.15, 0.2) is 0 Å². The normalized spacial score (nSPS) is 18.2. The summed E-state index contributed by atoms with van der Waals surface area (Å²) in [5.41, 5.74) is 5.35. The van der Waals surface area contributed by atoms with E-state index in [9.17, 15) is 4.79 Å². The lowest BCUT2D eigenvalue weighted by Crippen LogP contribution is -2.44. The second kappa shape index (κ2) is 5.13. The molecule has 4 N–H and O–H groups in total. The monoisotopic (exact) mass is 238 g/mol. The number of rotatable bonds is 3. The molecule has 7 heteroatoms. The predicted molar refractivity (Wildman–Crippen MR) is 63.4 cm³/mol. The molecule has 2 rings (SSSR count). The molecule has 0 aromatic carbocycles. The smallest absolute Gasteiger partial charge is 0.288 e. The van der Waals surface area contributed by atoms with Crippen LogP contribution in [0.15, 0.2) is 0 Å². The standard InChI is InChI=1S/C10H18N6O/c1-2-16-5-3-7(4-6-16)12-9(17)8-13-10(11)15-14-8/h7H,2-6H2,1H3,(H,12,17)(H3,11,13,14,15). The zero-order valence-corrected chi connectivity index (χ0v) is 9.94. The van der Waals surface area contributed by atoms with E-state index < -0.39 is 0 Å². The van der Waals surface area contributed by atoms with Crippen molar-refractivity contribution < 1.29 is 4.79 Å². The number of nitrogens with one attached hydrogen (secondary N) is 2. The fraction of sp³-hybridized carbons (Fsp3) is 0.700. The maximum atomic E-state index is 11.8. The van der Waals surface area contributed by atoms with Gasteiger partial charge in [0.25, 0.3) is 5.91 Å². The SMILES string of the molecule is CCN1CCC(NC(=O)c2nc(N)n[nH]2)CC1. The van der Waals surface area contributed by atoms with Crippen LogP contribution in [-0.4, -0.2) is 51.7 Å². The Morgan fingerprint density at radius 1 is 1.59 bits per heavy atom. The molecule has 0 radical (unpaired) electrons. The van der Waals surface area contributed by atoms with Crippen molar-refractivity contribution in [3.63, 3.8) is 0 Å². The average molecular weight is 238 g/mol. The molecule has 1 aromatic heterocycles. The van der Waals surface area contributed by atoms with Crippen LogP contribution in [0.3, 0.4) is 0 Å². The van der Waals surface area contributed by atoms with Gasteiger partial charge in [0.2, 0.25) is 11.8 Å². The summed E-state index contributed by atoms with van der Waals surface area (Å²) in [7, 11) is 0. The van der Waals surface area contributed by atoms with Crippen LogP contribution in [0.4, 0.5) is 5.95 Å². The van der Waals surface area contributed by atoms with Gasteiger partial charge in [-0.1, -0.05) is 6.92 Å². The first-order valence-electron chi connectivity index (χ1n) is 5.90. The van der Waals surface area contributed by atoms with Gasteiger partial charge in [0.05, 0.1) is 0 Å². The van der Waals surface area contributed by atoms with E-state index in [0.29, 0.717) is 0 Å². The number of anilines is 1. The number of nitrogens with zero attached hydrogens (tertiary/aromatic N) is 3. The maximum Gasteiger partial charge on any atom is 0.288 e. The van der Waals surface area contributed by atoms with Crippen LogP contribution in [0, 0.1) is 0 Å². The number of nitrogens with two attached hydrogens (primary N) is 1. The number of nitrogen functional groups attached to an aromatic ring is 1. The number of piperidine rings is 1. The third kappa shape index (κ3) is 2.94. The van der Waals surface area contributed by atoms with Crippen LogP contribution in [0.2, 0.25) is 0 Å². The number of carbonyl (C=O) groups is 1. The lowest BCUT2D eigenvalue weighted by molar-refractivity contribution is 0.0902. The highest BCUT2D eigenvalue weighted by atomic mass is 16.2. The van der Waals surface area contributed by atoms with Gasteiger partial charge in [0.1, 0.15) is 0 Å². The Labute approximate surface area is 99.8 Å². The van der Waals surface area contributed by atoms with Gasteiger partial charge in [-0.15, -0.1) is 5.10 Å². The van der Waals surface area contributed by atoms with Crippen molar-refractivity contribution in [3.8, 4) is 0 Å². The second-order valence-corrected chi connectivity index (χ2v) is 4.22. The zero-order valence-electron chi connectivity index (χ0n) is 9.94. The molecule has 0 saturated carbocycles. The summed E-state index contributed by atoms with van der Waals surface area (Å²) in [6.07, 6.45) is 1.95. The van der Waals surface area contributed by atoms with Crippen LogP contribution in [0.25, 0.3) is 0 Å². The number of H-pyrrole nitrogens is 1. The van der Waals surface area contributed by atoms with Crippen molar-refractivity contribution in [2.45, 2.75) is 25.8 Å². The molecule has 1 aliphatic heterocycles. The van der Waals surface area contributed by atoms with Gasteiger partial charge >= 0.3 is 0 Å². The summed E-state index contributed by atoms with van der Waals surface area (Å²) >= 11 is 0. The summed E-state index contributed by atoms with van der Waals surface area (Å²) < 4.78 is 0. The molecule has 1 fully saturated rings. The van der Waals surface area contributed by atoms with Gasteiger partial charge in [0, 0.05) is 19.1 Å². The average Bonchev–Trinajstić information content (AvgIpc) is 2.77. The van der Waals surface area contributed by atoms with Crippen LogP contribution in [0.5, 0.6) is 0 Å².